The van der Waals surface area contributed by atoms with E-state index in [2.05, 4.69) is 0 Å². The van der Waals surface area contributed by atoms with Gasteiger partial charge in [-0.05, 0) is 42.4 Å². The number of benzene rings is 6. The van der Waals surface area contributed by atoms with Crippen LogP contribution in [0, 0.1) is 0 Å². The third-order valence-corrected chi connectivity index (χ3v) is 7.63. The van der Waals surface area contributed by atoms with Gasteiger partial charge in [-0.2, -0.15) is 0 Å². The van der Waals surface area contributed by atoms with Crippen LogP contribution in [0.2, 0.25) is 0 Å². The number of hydrogen-bond acceptors (Lipinski definition) is 3. The van der Waals surface area contributed by atoms with Gasteiger partial charge in [-0.25, -0.2) is 9.97 Å². The second kappa shape index (κ2) is 9.79. The summed E-state index contributed by atoms with van der Waals surface area (Å²) in [4.78, 5) is 9.85. The highest BCUT2D eigenvalue weighted by atomic mass is 16.3. The SMILES string of the molecule is [2H]c1c([2H])c([2H])c(-n2c3c([2H])c([2H])c([2H])c([2H])c3c3c(-c4nc(-c5ccccc5)cc(-c5cccc6c5oc5ccccc56)n4)c([2H])c([2H])c([2H])c32)c([2H])c1[2H]. The van der Waals surface area contributed by atoms with E-state index in [0.717, 1.165) is 15.3 Å². The molecule has 0 aliphatic rings. The minimum Gasteiger partial charge on any atom is -0.455 e. The van der Waals surface area contributed by atoms with E-state index in [1.54, 1.807) is 6.07 Å². The molecule has 0 aliphatic heterocycles. The van der Waals surface area contributed by atoms with E-state index < -0.39 is 78.2 Å². The summed E-state index contributed by atoms with van der Waals surface area (Å²) in [6, 6.07) is 16.3. The van der Waals surface area contributed by atoms with Crippen LogP contribution in [-0.2, 0) is 0 Å². The molecule has 9 rings (SSSR count). The smallest absolute Gasteiger partial charge is 0.161 e. The summed E-state index contributed by atoms with van der Waals surface area (Å²) < 4.78 is 113. The van der Waals surface area contributed by atoms with Crippen molar-refractivity contribution in [3.8, 4) is 39.6 Å². The van der Waals surface area contributed by atoms with Crippen molar-refractivity contribution in [1.29, 1.82) is 0 Å². The first-order valence-electron chi connectivity index (χ1n) is 19.8. The monoisotopic (exact) mass is 575 g/mol. The van der Waals surface area contributed by atoms with E-state index in [0.29, 0.717) is 33.7 Å². The maximum absolute atomic E-state index is 9.33. The van der Waals surface area contributed by atoms with Gasteiger partial charge in [0.25, 0.3) is 0 Å². The molecule has 0 saturated carbocycles. The second-order valence-corrected chi connectivity index (χ2v) is 10.1. The Balaban J connectivity index is 1.49. The Morgan fingerprint density at radius 3 is 2.23 bits per heavy atom. The number of aromatic nitrogens is 3. The lowest BCUT2D eigenvalue weighted by atomic mass is 10.0. The van der Waals surface area contributed by atoms with Crippen LogP contribution in [0.25, 0.3) is 83.3 Å². The molecule has 4 nitrogen and oxygen atoms in total. The van der Waals surface area contributed by atoms with Crippen LogP contribution in [0.3, 0.4) is 0 Å². The number of hydrogen-bond donors (Lipinski definition) is 0. The van der Waals surface area contributed by atoms with Gasteiger partial charge in [-0.1, -0.05) is 109 Å². The average Bonchev–Trinajstić information content (AvgIpc) is 3.77. The Hall–Kier alpha value is -6.00. The van der Waals surface area contributed by atoms with Gasteiger partial charge >= 0.3 is 0 Å². The number of nitrogens with zero attached hydrogens (tertiary/aromatic N) is 3. The van der Waals surface area contributed by atoms with E-state index in [9.17, 15) is 2.74 Å². The van der Waals surface area contributed by atoms with Gasteiger partial charge in [-0.3, -0.25) is 0 Å². The lowest BCUT2D eigenvalue weighted by molar-refractivity contribution is 0.670. The fourth-order valence-corrected chi connectivity index (χ4v) is 5.72. The zero-order valence-electron chi connectivity index (χ0n) is 34.8. The Morgan fingerprint density at radius 2 is 1.32 bits per heavy atom. The molecule has 0 spiro atoms. The average molecular weight is 576 g/mol. The molecular weight excluding hydrogens is 538 g/mol. The van der Waals surface area contributed by atoms with Gasteiger partial charge in [0, 0.05) is 43.9 Å². The fraction of sp³-hybridized carbons (Fsp3) is 0. The largest absolute Gasteiger partial charge is 0.455 e. The summed E-state index contributed by atoms with van der Waals surface area (Å²) >= 11 is 0. The number of fused-ring (bicyclic) bond motifs is 6. The molecule has 6 aromatic carbocycles. The molecule has 3 aromatic heterocycles. The molecular formula is C40H25N3O. The van der Waals surface area contributed by atoms with E-state index in [4.69, 9.17) is 28.1 Å². The molecule has 9 aromatic rings. The molecule has 0 saturated heterocycles. The van der Waals surface area contributed by atoms with E-state index in [1.165, 1.54) is 0 Å². The third kappa shape index (κ3) is 3.78. The van der Waals surface area contributed by atoms with Crippen molar-refractivity contribution in [2.75, 3.05) is 0 Å². The van der Waals surface area contributed by atoms with Crippen molar-refractivity contribution in [1.82, 2.24) is 14.5 Å². The molecule has 0 atom stereocenters. The van der Waals surface area contributed by atoms with Crippen molar-refractivity contribution >= 4 is 43.7 Å². The minimum absolute atomic E-state index is 0.120. The van der Waals surface area contributed by atoms with Gasteiger partial charge in [-0.15, -0.1) is 0 Å². The number of furan rings is 1. The van der Waals surface area contributed by atoms with Crippen LogP contribution in [-0.4, -0.2) is 14.5 Å². The fourth-order valence-electron chi connectivity index (χ4n) is 5.72. The van der Waals surface area contributed by atoms with Crippen LogP contribution in [0.15, 0.2) is 156 Å². The highest BCUT2D eigenvalue weighted by Crippen LogP contribution is 2.40. The first-order valence-corrected chi connectivity index (χ1v) is 13.8. The van der Waals surface area contributed by atoms with Gasteiger partial charge in [0.05, 0.1) is 38.9 Å². The molecule has 0 amide bonds. The first kappa shape index (κ1) is 15.5. The van der Waals surface area contributed by atoms with Crippen molar-refractivity contribution in [2.45, 2.75) is 0 Å². The second-order valence-electron chi connectivity index (χ2n) is 10.1. The third-order valence-electron chi connectivity index (χ3n) is 7.63. The lowest BCUT2D eigenvalue weighted by Crippen LogP contribution is -1.97. The van der Waals surface area contributed by atoms with Gasteiger partial charge in [0.2, 0.25) is 0 Å². The van der Waals surface area contributed by atoms with Crippen LogP contribution < -0.4 is 0 Å². The van der Waals surface area contributed by atoms with Crippen molar-refractivity contribution in [2.24, 2.45) is 0 Å². The molecule has 0 aliphatic carbocycles. The first-order chi connectivity index (χ1) is 26.8. The molecule has 0 N–H and O–H groups in total. The highest BCUT2D eigenvalue weighted by molar-refractivity contribution is 6.15. The molecule has 44 heavy (non-hydrogen) atoms. The Bertz CT molecular complexity index is 3150. The quantitative estimate of drug-likeness (QED) is 0.210. The summed E-state index contributed by atoms with van der Waals surface area (Å²) in [6.45, 7) is 0. The van der Waals surface area contributed by atoms with Gasteiger partial charge in [0.1, 0.15) is 11.2 Å². The number of rotatable bonds is 4. The molecule has 206 valence electrons. The molecule has 3 heterocycles. The molecule has 0 bridgehead atoms. The van der Waals surface area contributed by atoms with Crippen molar-refractivity contribution in [3.63, 3.8) is 0 Å². The van der Waals surface area contributed by atoms with Crippen molar-refractivity contribution < 1.29 is 20.9 Å². The van der Waals surface area contributed by atoms with Crippen molar-refractivity contribution in [3.05, 3.63) is 151 Å². The van der Waals surface area contributed by atoms with E-state index in [1.807, 2.05) is 72.8 Å². The van der Waals surface area contributed by atoms with Crippen LogP contribution in [0.5, 0.6) is 0 Å². The maximum atomic E-state index is 9.33. The van der Waals surface area contributed by atoms with Gasteiger partial charge < -0.3 is 8.98 Å². The summed E-state index contributed by atoms with van der Waals surface area (Å²) in [5.41, 5.74) is 1.97. The predicted octanol–water partition coefficient (Wildman–Crippen LogP) is 10.5. The zero-order valence-corrected chi connectivity index (χ0v) is 22.8. The van der Waals surface area contributed by atoms with E-state index in [-0.39, 0.29) is 33.2 Å². The molecule has 0 fully saturated rings. The maximum Gasteiger partial charge on any atom is 0.161 e. The summed E-state index contributed by atoms with van der Waals surface area (Å²) in [5, 5.41) is 1.39. The standard InChI is InChI=1S/C40H25N3O/c1-3-13-26(14-4-1)33-25-34(30-20-11-19-29-28-17-8-10-24-37(28)44-39(29)30)42-40(41-33)32-21-12-23-36-38(32)31-18-7-9-22-35(31)43(36)27-15-5-2-6-16-27/h1-25H/i2D,5D,6D,7D,9D,12D,15D,16D,18D,21D,22D,23D. The van der Waals surface area contributed by atoms with E-state index >= 15 is 0 Å². The minimum atomic E-state index is -0.713. The normalized spacial score (nSPS) is 15.5. The lowest BCUT2D eigenvalue weighted by Gasteiger charge is -2.11. The highest BCUT2D eigenvalue weighted by Gasteiger charge is 2.20. The summed E-state index contributed by atoms with van der Waals surface area (Å²) in [7, 11) is 0. The molecule has 0 radical (unpaired) electrons. The summed E-state index contributed by atoms with van der Waals surface area (Å²) in [6.07, 6.45) is 0. The Labute approximate surface area is 270 Å². The van der Waals surface area contributed by atoms with Crippen LogP contribution in [0.4, 0.5) is 0 Å². The topological polar surface area (TPSA) is 43.9 Å². The van der Waals surface area contributed by atoms with Gasteiger partial charge in [0.15, 0.2) is 5.82 Å². The Kier molecular flexibility index (Phi) is 3.44. The predicted molar refractivity (Wildman–Crippen MR) is 180 cm³/mol. The number of para-hydroxylation sites is 4. The van der Waals surface area contributed by atoms with Crippen LogP contribution in [0.1, 0.15) is 16.4 Å². The van der Waals surface area contributed by atoms with Crippen LogP contribution >= 0.6 is 0 Å². The molecule has 4 heteroatoms. The zero-order chi connectivity index (χ0) is 39.5. The Morgan fingerprint density at radius 1 is 0.568 bits per heavy atom. The summed E-state index contributed by atoms with van der Waals surface area (Å²) in [5.74, 6) is -0.120. The molecule has 0 unspecified atom stereocenters.